The van der Waals surface area contributed by atoms with Crippen LogP contribution in [-0.2, 0) is 4.79 Å². The summed E-state index contributed by atoms with van der Waals surface area (Å²) >= 11 is 1.63. The van der Waals surface area contributed by atoms with Gasteiger partial charge in [0.05, 0.1) is 4.75 Å². The van der Waals surface area contributed by atoms with Crippen LogP contribution in [0.3, 0.4) is 0 Å². The lowest BCUT2D eigenvalue weighted by Crippen LogP contribution is -2.42. The Hall–Kier alpha value is -0.180. The molecule has 1 fully saturated rings. The minimum absolute atomic E-state index is 0.121. The highest BCUT2D eigenvalue weighted by atomic mass is 32.2. The average molecular weight is 173 g/mol. The Labute approximate surface area is 71.9 Å². The maximum absolute atomic E-state index is 11.1. The number of hydrogen-bond acceptors (Lipinski definition) is 2. The molecule has 1 aliphatic rings. The Morgan fingerprint density at radius 2 is 1.91 bits per heavy atom. The Balaban J connectivity index is 2.64. The topological polar surface area (TPSA) is 43.1 Å². The third-order valence-corrected chi connectivity index (χ3v) is 3.89. The van der Waals surface area contributed by atoms with Gasteiger partial charge in [-0.25, -0.2) is 0 Å². The molecule has 64 valence electrons. The van der Waals surface area contributed by atoms with Gasteiger partial charge in [0.1, 0.15) is 0 Å². The second-order valence-corrected chi connectivity index (χ2v) is 4.31. The van der Waals surface area contributed by atoms with E-state index in [0.717, 1.165) is 25.7 Å². The van der Waals surface area contributed by atoms with Crippen molar-refractivity contribution in [3.63, 3.8) is 0 Å². The van der Waals surface area contributed by atoms with Gasteiger partial charge in [-0.1, -0.05) is 19.3 Å². The van der Waals surface area contributed by atoms with Gasteiger partial charge in [-0.15, -0.1) is 11.8 Å². The Morgan fingerprint density at radius 3 is 2.18 bits per heavy atom. The molecule has 0 atom stereocenters. The first-order valence-corrected chi connectivity index (χ1v) is 5.29. The quantitative estimate of drug-likeness (QED) is 0.688. The maximum atomic E-state index is 11.1. The number of carbonyl (C=O) groups is 1. The van der Waals surface area contributed by atoms with Crippen molar-refractivity contribution in [2.75, 3.05) is 6.26 Å². The van der Waals surface area contributed by atoms with Crippen LogP contribution >= 0.6 is 11.8 Å². The molecule has 0 spiro atoms. The summed E-state index contributed by atoms with van der Waals surface area (Å²) in [7, 11) is 0. The van der Waals surface area contributed by atoms with E-state index in [4.69, 9.17) is 5.73 Å². The molecule has 3 heteroatoms. The molecule has 0 saturated heterocycles. The SMILES string of the molecule is CSC1(C(N)=O)CCCCC1. The minimum Gasteiger partial charge on any atom is -0.368 e. The van der Waals surface area contributed by atoms with Gasteiger partial charge in [0.2, 0.25) is 5.91 Å². The lowest BCUT2D eigenvalue weighted by molar-refractivity contribution is -0.121. The number of rotatable bonds is 2. The summed E-state index contributed by atoms with van der Waals surface area (Å²) in [5, 5.41) is 0. The van der Waals surface area contributed by atoms with Crippen LogP contribution in [0.1, 0.15) is 32.1 Å². The van der Waals surface area contributed by atoms with Crippen molar-refractivity contribution in [1.82, 2.24) is 0 Å². The average Bonchev–Trinajstić information content (AvgIpc) is 2.05. The molecule has 1 aliphatic carbocycles. The Bertz CT molecular complexity index is 152. The molecule has 2 nitrogen and oxygen atoms in total. The summed E-state index contributed by atoms with van der Waals surface area (Å²) in [5.41, 5.74) is 5.35. The van der Waals surface area contributed by atoms with Crippen LogP contribution < -0.4 is 5.73 Å². The van der Waals surface area contributed by atoms with E-state index in [9.17, 15) is 4.79 Å². The lowest BCUT2D eigenvalue weighted by Gasteiger charge is -2.32. The second-order valence-electron chi connectivity index (χ2n) is 3.12. The van der Waals surface area contributed by atoms with Crippen molar-refractivity contribution in [3.05, 3.63) is 0 Å². The van der Waals surface area contributed by atoms with Gasteiger partial charge in [-0.3, -0.25) is 4.79 Å². The van der Waals surface area contributed by atoms with Crippen LogP contribution in [0, 0.1) is 0 Å². The highest BCUT2D eigenvalue weighted by Gasteiger charge is 2.36. The molecule has 0 radical (unpaired) electrons. The standard InChI is InChI=1S/C8H15NOS/c1-11-8(7(9)10)5-3-2-4-6-8/h2-6H2,1H3,(H2,9,10). The predicted molar refractivity (Wildman–Crippen MR) is 48.5 cm³/mol. The largest absolute Gasteiger partial charge is 0.368 e. The molecular formula is C8H15NOS. The summed E-state index contributed by atoms with van der Waals surface area (Å²) < 4.78 is -0.224. The first kappa shape index (κ1) is 8.91. The predicted octanol–water partition coefficient (Wildman–Crippen LogP) is 1.54. The first-order valence-electron chi connectivity index (χ1n) is 4.06. The Kier molecular flexibility index (Phi) is 2.82. The highest BCUT2D eigenvalue weighted by Crippen LogP contribution is 2.37. The molecule has 0 aromatic heterocycles. The van der Waals surface area contributed by atoms with Crippen LogP contribution in [0.4, 0.5) is 0 Å². The molecule has 0 heterocycles. The molecule has 1 saturated carbocycles. The van der Waals surface area contributed by atoms with Crippen molar-refractivity contribution < 1.29 is 4.79 Å². The molecule has 0 bridgehead atoms. The van der Waals surface area contributed by atoms with Crippen molar-refractivity contribution in [1.29, 1.82) is 0 Å². The molecule has 0 aromatic rings. The molecule has 1 amide bonds. The van der Waals surface area contributed by atoms with Crippen molar-refractivity contribution >= 4 is 17.7 Å². The zero-order chi connectivity index (χ0) is 8.32. The van der Waals surface area contributed by atoms with E-state index in [1.807, 2.05) is 6.26 Å². The van der Waals surface area contributed by atoms with Crippen molar-refractivity contribution in [2.24, 2.45) is 5.73 Å². The fourth-order valence-corrected chi connectivity index (χ4v) is 2.57. The summed E-state index contributed by atoms with van der Waals surface area (Å²) in [6.45, 7) is 0. The van der Waals surface area contributed by atoms with Crippen LogP contribution in [0.2, 0.25) is 0 Å². The van der Waals surface area contributed by atoms with Gasteiger partial charge in [0, 0.05) is 0 Å². The molecule has 0 aromatic carbocycles. The summed E-state index contributed by atoms with van der Waals surface area (Å²) in [5.74, 6) is -0.121. The molecule has 11 heavy (non-hydrogen) atoms. The number of hydrogen-bond donors (Lipinski definition) is 1. The van der Waals surface area contributed by atoms with Gasteiger partial charge < -0.3 is 5.73 Å². The van der Waals surface area contributed by atoms with Gasteiger partial charge in [0.25, 0.3) is 0 Å². The lowest BCUT2D eigenvalue weighted by atomic mass is 9.88. The Morgan fingerprint density at radius 1 is 1.36 bits per heavy atom. The van der Waals surface area contributed by atoms with Crippen LogP contribution in [0.15, 0.2) is 0 Å². The van der Waals surface area contributed by atoms with E-state index in [-0.39, 0.29) is 10.7 Å². The van der Waals surface area contributed by atoms with Gasteiger partial charge >= 0.3 is 0 Å². The number of carbonyl (C=O) groups excluding carboxylic acids is 1. The van der Waals surface area contributed by atoms with E-state index < -0.39 is 0 Å². The number of thioether (sulfide) groups is 1. The van der Waals surface area contributed by atoms with Gasteiger partial charge in [0.15, 0.2) is 0 Å². The van der Waals surface area contributed by atoms with E-state index >= 15 is 0 Å². The smallest absolute Gasteiger partial charge is 0.233 e. The van der Waals surface area contributed by atoms with E-state index in [1.54, 1.807) is 11.8 Å². The maximum Gasteiger partial charge on any atom is 0.233 e. The van der Waals surface area contributed by atoms with Crippen LogP contribution in [-0.4, -0.2) is 16.9 Å². The zero-order valence-electron chi connectivity index (χ0n) is 6.93. The third kappa shape index (κ3) is 1.70. The van der Waals surface area contributed by atoms with E-state index in [1.165, 1.54) is 6.42 Å². The molecule has 1 rings (SSSR count). The fourth-order valence-electron chi connectivity index (χ4n) is 1.67. The monoisotopic (exact) mass is 173 g/mol. The number of primary amides is 1. The van der Waals surface area contributed by atoms with Crippen LogP contribution in [0.5, 0.6) is 0 Å². The third-order valence-electron chi connectivity index (χ3n) is 2.50. The molecular weight excluding hydrogens is 158 g/mol. The van der Waals surface area contributed by atoms with Crippen LogP contribution in [0.25, 0.3) is 0 Å². The molecule has 0 aliphatic heterocycles. The minimum atomic E-state index is -0.224. The van der Waals surface area contributed by atoms with Gasteiger partial charge in [-0.2, -0.15) is 0 Å². The zero-order valence-corrected chi connectivity index (χ0v) is 7.75. The number of amides is 1. The normalized spacial score (nSPS) is 23.0. The molecule has 2 N–H and O–H groups in total. The second kappa shape index (κ2) is 3.48. The van der Waals surface area contributed by atoms with Gasteiger partial charge in [-0.05, 0) is 19.1 Å². The highest BCUT2D eigenvalue weighted by molar-refractivity contribution is 8.00. The van der Waals surface area contributed by atoms with Crippen molar-refractivity contribution in [2.45, 2.75) is 36.9 Å². The van der Waals surface area contributed by atoms with Crippen molar-refractivity contribution in [3.8, 4) is 0 Å². The molecule has 0 unspecified atom stereocenters. The fraction of sp³-hybridized carbons (Fsp3) is 0.875. The first-order chi connectivity index (χ1) is 5.21. The summed E-state index contributed by atoms with van der Waals surface area (Å²) in [4.78, 5) is 11.1. The van der Waals surface area contributed by atoms with E-state index in [2.05, 4.69) is 0 Å². The number of nitrogens with two attached hydrogens (primary N) is 1. The summed E-state index contributed by atoms with van der Waals surface area (Å²) in [6.07, 6.45) is 7.51. The van der Waals surface area contributed by atoms with E-state index in [0.29, 0.717) is 0 Å². The summed E-state index contributed by atoms with van der Waals surface area (Å²) in [6, 6.07) is 0.